The molecule has 0 aliphatic rings. The average Bonchev–Trinajstić information content (AvgIpc) is 2.75. The number of benzene rings is 3. The maximum atomic E-state index is 13.3. The second-order valence-corrected chi connectivity index (χ2v) is 6.55. The lowest BCUT2D eigenvalue weighted by atomic mass is 9.95. The number of phenols is 1. The van der Waals surface area contributed by atoms with Gasteiger partial charge in [-0.05, 0) is 52.9 Å². The molecule has 0 heterocycles. The molecule has 152 valence electrons. The van der Waals surface area contributed by atoms with E-state index < -0.39 is 11.8 Å². The summed E-state index contributed by atoms with van der Waals surface area (Å²) < 4.78 is 31.4. The van der Waals surface area contributed by atoms with Crippen molar-refractivity contribution in [2.75, 3.05) is 6.61 Å². The Morgan fingerprint density at radius 3 is 2.23 bits per heavy atom. The topological polar surface area (TPSA) is 46.5 Å². The number of rotatable bonds is 7. The van der Waals surface area contributed by atoms with Gasteiger partial charge < -0.3 is 9.84 Å². The van der Waals surface area contributed by atoms with Gasteiger partial charge >= 0.3 is 5.97 Å². The summed E-state index contributed by atoms with van der Waals surface area (Å²) in [6, 6.07) is 15.0. The van der Waals surface area contributed by atoms with E-state index in [1.165, 1.54) is 42.5 Å². The Morgan fingerprint density at radius 1 is 0.967 bits per heavy atom. The zero-order valence-corrected chi connectivity index (χ0v) is 16.1. The summed E-state index contributed by atoms with van der Waals surface area (Å²) in [4.78, 5) is 12.6. The van der Waals surface area contributed by atoms with Crippen molar-refractivity contribution < 1.29 is 23.4 Å². The van der Waals surface area contributed by atoms with Gasteiger partial charge in [0, 0.05) is 0 Å². The lowest BCUT2D eigenvalue weighted by Gasteiger charge is -2.14. The van der Waals surface area contributed by atoms with E-state index >= 15 is 0 Å². The average molecular weight is 406 g/mol. The molecule has 5 heteroatoms. The van der Waals surface area contributed by atoms with Crippen molar-refractivity contribution in [2.24, 2.45) is 0 Å². The van der Waals surface area contributed by atoms with Gasteiger partial charge in [-0.1, -0.05) is 61.2 Å². The highest BCUT2D eigenvalue weighted by Crippen LogP contribution is 2.34. The Labute approximate surface area is 173 Å². The van der Waals surface area contributed by atoms with Gasteiger partial charge in [0.05, 0.1) is 0 Å². The molecule has 0 aromatic heterocycles. The first-order chi connectivity index (χ1) is 14.5. The first-order valence-electron chi connectivity index (χ1n) is 9.30. The lowest BCUT2D eigenvalue weighted by Crippen LogP contribution is -2.08. The monoisotopic (exact) mass is 406 g/mol. The molecule has 0 aliphatic carbocycles. The van der Waals surface area contributed by atoms with Crippen molar-refractivity contribution >= 4 is 12.0 Å². The Hall–Kier alpha value is -3.73. The zero-order chi connectivity index (χ0) is 21.5. The minimum Gasteiger partial charge on any atom is -0.507 e. The van der Waals surface area contributed by atoms with Crippen LogP contribution in [-0.4, -0.2) is 17.7 Å². The highest BCUT2D eigenvalue weighted by Gasteiger charge is 2.21. The molecule has 0 radical (unpaired) electrons. The molecule has 0 aliphatic heterocycles. The van der Waals surface area contributed by atoms with E-state index in [1.54, 1.807) is 36.4 Å². The number of esters is 1. The summed E-state index contributed by atoms with van der Waals surface area (Å²) in [6.45, 7) is 3.51. The van der Waals surface area contributed by atoms with Crippen LogP contribution in [0, 0.1) is 11.6 Å². The number of carbonyl (C=O) groups excluding carboxylic acids is 1. The van der Waals surface area contributed by atoms with Gasteiger partial charge in [0.1, 0.15) is 29.6 Å². The minimum absolute atomic E-state index is 0.00414. The molecule has 0 unspecified atom stereocenters. The Balaban J connectivity index is 1.94. The Bertz CT molecular complexity index is 1070. The van der Waals surface area contributed by atoms with Crippen molar-refractivity contribution in [1.29, 1.82) is 0 Å². The molecular weight excluding hydrogens is 386 g/mol. The van der Waals surface area contributed by atoms with E-state index in [0.717, 1.165) is 5.56 Å². The van der Waals surface area contributed by atoms with E-state index in [4.69, 9.17) is 4.74 Å². The number of hydrogen-bond donors (Lipinski definition) is 1. The van der Waals surface area contributed by atoms with E-state index in [1.807, 2.05) is 0 Å². The van der Waals surface area contributed by atoms with Crippen molar-refractivity contribution in [2.45, 2.75) is 6.42 Å². The molecule has 0 atom stereocenters. The number of ether oxygens (including phenoxy) is 1. The first-order valence-corrected chi connectivity index (χ1v) is 9.30. The third kappa shape index (κ3) is 5.00. The van der Waals surface area contributed by atoms with Gasteiger partial charge in [0.2, 0.25) is 0 Å². The molecule has 3 nitrogen and oxygen atoms in total. The normalized spacial score (nSPS) is 10.9. The van der Waals surface area contributed by atoms with Crippen LogP contribution in [-0.2, 0) is 11.2 Å². The highest BCUT2D eigenvalue weighted by molar-refractivity contribution is 6.00. The third-order valence-corrected chi connectivity index (χ3v) is 4.47. The van der Waals surface area contributed by atoms with Crippen LogP contribution >= 0.6 is 0 Å². The molecule has 0 amide bonds. The van der Waals surface area contributed by atoms with Crippen LogP contribution in [0.25, 0.3) is 17.2 Å². The van der Waals surface area contributed by atoms with Gasteiger partial charge in [-0.3, -0.25) is 0 Å². The summed E-state index contributed by atoms with van der Waals surface area (Å²) in [6.07, 6.45) is 5.37. The second-order valence-electron chi connectivity index (χ2n) is 6.55. The van der Waals surface area contributed by atoms with Crippen LogP contribution in [0.3, 0.4) is 0 Å². The minimum atomic E-state index is -0.698. The van der Waals surface area contributed by atoms with E-state index in [-0.39, 0.29) is 23.7 Å². The van der Waals surface area contributed by atoms with Gasteiger partial charge in [-0.2, -0.15) is 0 Å². The smallest absolute Gasteiger partial charge is 0.342 e. The zero-order valence-electron chi connectivity index (χ0n) is 16.1. The molecule has 3 rings (SSSR count). The van der Waals surface area contributed by atoms with Crippen LogP contribution in [0.5, 0.6) is 5.75 Å². The Morgan fingerprint density at radius 2 is 1.60 bits per heavy atom. The van der Waals surface area contributed by atoms with Crippen LogP contribution < -0.4 is 0 Å². The highest BCUT2D eigenvalue weighted by atomic mass is 19.1. The Kier molecular flexibility index (Phi) is 6.75. The summed E-state index contributed by atoms with van der Waals surface area (Å²) in [5, 5.41) is 10.8. The fourth-order valence-electron chi connectivity index (χ4n) is 2.98. The van der Waals surface area contributed by atoms with Crippen LogP contribution in [0.1, 0.15) is 21.5 Å². The van der Waals surface area contributed by atoms with Crippen molar-refractivity contribution in [3.05, 3.63) is 108 Å². The molecule has 3 aromatic carbocycles. The molecule has 0 saturated carbocycles. The summed E-state index contributed by atoms with van der Waals surface area (Å²) in [7, 11) is 0. The molecule has 0 saturated heterocycles. The molecule has 0 bridgehead atoms. The fourth-order valence-corrected chi connectivity index (χ4v) is 2.98. The maximum Gasteiger partial charge on any atom is 0.342 e. The number of carbonyl (C=O) groups is 1. The number of hydrogen-bond acceptors (Lipinski definition) is 3. The molecule has 0 spiro atoms. The van der Waals surface area contributed by atoms with E-state index in [9.17, 15) is 18.7 Å². The molecular formula is C25H20F2O3. The first kappa shape index (κ1) is 21.0. The standard InChI is InChI=1S/C25H20F2O3/c1-2-16-30-25(29)23-22(18-8-13-21(27)14-9-18)15-10-19(24(23)28)5-3-4-17-6-11-20(26)12-7-17/h2-4,6-15,28H,1,5,16H2/b4-3+. The van der Waals surface area contributed by atoms with Crippen LogP contribution in [0.4, 0.5) is 8.78 Å². The lowest BCUT2D eigenvalue weighted by molar-refractivity contribution is 0.0547. The van der Waals surface area contributed by atoms with Gasteiger partial charge in [0.15, 0.2) is 0 Å². The number of halogens is 2. The van der Waals surface area contributed by atoms with E-state index in [0.29, 0.717) is 23.1 Å². The molecule has 0 fully saturated rings. The van der Waals surface area contributed by atoms with Crippen LogP contribution in [0.2, 0.25) is 0 Å². The summed E-state index contributed by atoms with van der Waals surface area (Å²) >= 11 is 0. The summed E-state index contributed by atoms with van der Waals surface area (Å²) in [5.41, 5.74) is 2.35. The SMILES string of the molecule is C=CCOC(=O)c1c(-c2ccc(F)cc2)ccc(C/C=C/c2ccc(F)cc2)c1O. The predicted octanol–water partition coefficient (Wildman–Crippen LogP) is 5.94. The van der Waals surface area contributed by atoms with Crippen molar-refractivity contribution in [3.8, 4) is 16.9 Å². The third-order valence-electron chi connectivity index (χ3n) is 4.47. The van der Waals surface area contributed by atoms with Gasteiger partial charge in [-0.15, -0.1) is 0 Å². The maximum absolute atomic E-state index is 13.3. The molecule has 1 N–H and O–H groups in total. The predicted molar refractivity (Wildman–Crippen MR) is 113 cm³/mol. The fraction of sp³-hybridized carbons (Fsp3) is 0.0800. The largest absolute Gasteiger partial charge is 0.507 e. The quantitative estimate of drug-likeness (QED) is 0.390. The van der Waals surface area contributed by atoms with Gasteiger partial charge in [0.25, 0.3) is 0 Å². The molecule has 30 heavy (non-hydrogen) atoms. The summed E-state index contributed by atoms with van der Waals surface area (Å²) in [5.74, 6) is -1.61. The molecule has 3 aromatic rings. The van der Waals surface area contributed by atoms with E-state index in [2.05, 4.69) is 6.58 Å². The van der Waals surface area contributed by atoms with Crippen molar-refractivity contribution in [1.82, 2.24) is 0 Å². The number of aromatic hydroxyl groups is 1. The number of phenolic OH excluding ortho intramolecular Hbond substituents is 1. The second kappa shape index (κ2) is 9.65. The van der Waals surface area contributed by atoms with Crippen molar-refractivity contribution in [3.63, 3.8) is 0 Å². The number of allylic oxidation sites excluding steroid dienone is 1. The van der Waals surface area contributed by atoms with Crippen LogP contribution in [0.15, 0.2) is 79.4 Å². The van der Waals surface area contributed by atoms with Gasteiger partial charge in [-0.25, -0.2) is 13.6 Å².